The number of rotatable bonds is 2. The van der Waals surface area contributed by atoms with Crippen LogP contribution in [0.2, 0.25) is 0 Å². The van der Waals surface area contributed by atoms with Crippen LogP contribution in [0.4, 0.5) is 0 Å². The molecule has 4 heteroatoms. The van der Waals surface area contributed by atoms with Gasteiger partial charge in [0.25, 0.3) is 0 Å². The van der Waals surface area contributed by atoms with Crippen molar-refractivity contribution in [2.75, 3.05) is 0 Å². The molecule has 1 atom stereocenters. The van der Waals surface area contributed by atoms with Crippen LogP contribution in [0, 0.1) is 13.8 Å². The Morgan fingerprint density at radius 2 is 1.42 bits per heavy atom. The minimum atomic E-state index is -0.227. The Labute approximate surface area is 106 Å². The predicted octanol–water partition coefficient (Wildman–Crippen LogP) is -4.16. The van der Waals surface area contributed by atoms with Crippen LogP contribution in [-0.4, -0.2) is 35.1 Å². The summed E-state index contributed by atoms with van der Waals surface area (Å²) in [6.45, 7) is 10.9. The van der Waals surface area contributed by atoms with Crippen LogP contribution in [0.1, 0.15) is 33.1 Å². The number of aliphatic hydroxyl groups is 1. The second-order valence-corrected chi connectivity index (χ2v) is 1.99. The molecule has 0 saturated carbocycles. The van der Waals surface area contributed by atoms with Crippen molar-refractivity contribution >= 4 is 23.9 Å². The summed E-state index contributed by atoms with van der Waals surface area (Å²) in [7, 11) is 0. The van der Waals surface area contributed by atoms with Gasteiger partial charge in [-0.2, -0.15) is 0 Å². The summed E-state index contributed by atoms with van der Waals surface area (Å²) in [4.78, 5) is 0. The molecule has 0 spiro atoms. The molecule has 0 aromatic heterocycles. The van der Waals surface area contributed by atoms with Gasteiger partial charge in [0.1, 0.15) is 0 Å². The van der Waals surface area contributed by atoms with Gasteiger partial charge in [-0.15, -0.1) is 0 Å². The van der Waals surface area contributed by atoms with Crippen molar-refractivity contribution in [1.29, 1.82) is 0 Å². The zero-order chi connectivity index (χ0) is 7.70. The van der Waals surface area contributed by atoms with Gasteiger partial charge >= 0.3 is 23.9 Å². The molecule has 1 nitrogen and oxygen atoms in total. The first-order valence-corrected chi connectivity index (χ1v) is 3.45. The molecule has 0 amide bonds. The smallest absolute Gasteiger partial charge is 1.00 e. The Hall–Kier alpha value is 1.34. The fourth-order valence-electron chi connectivity index (χ4n) is 0. The van der Waals surface area contributed by atoms with Crippen molar-refractivity contribution < 1.29 is 29.9 Å². The van der Waals surface area contributed by atoms with E-state index in [1.54, 1.807) is 6.92 Å². The molecule has 0 aliphatic carbocycles. The normalized spacial score (nSPS) is 8.75. The first-order chi connectivity index (χ1) is 4.18. The van der Waals surface area contributed by atoms with Crippen LogP contribution < -0.4 is 24.8 Å². The third kappa shape index (κ3) is 64.4. The maximum Gasteiger partial charge on any atom is 2.00 e. The molecule has 0 rings (SSSR count). The van der Waals surface area contributed by atoms with E-state index in [9.17, 15) is 0 Å². The molecule has 0 fully saturated rings. The van der Waals surface area contributed by atoms with Crippen molar-refractivity contribution in [3.63, 3.8) is 0 Å². The van der Waals surface area contributed by atoms with E-state index in [1.165, 1.54) is 6.42 Å². The summed E-state index contributed by atoms with van der Waals surface area (Å²) in [6.07, 6.45) is 2.66. The van der Waals surface area contributed by atoms with Crippen molar-refractivity contribution in [3.05, 3.63) is 13.8 Å². The minimum Gasteiger partial charge on any atom is -1.00 e. The summed E-state index contributed by atoms with van der Waals surface area (Å²) in [5.74, 6) is 0. The van der Waals surface area contributed by atoms with Crippen LogP contribution >= 0.6 is 0 Å². The van der Waals surface area contributed by atoms with E-state index in [-0.39, 0.29) is 54.8 Å². The van der Waals surface area contributed by atoms with Crippen molar-refractivity contribution in [1.82, 2.24) is 0 Å². The number of aliphatic hydroxyl groups excluding tert-OH is 1. The van der Waals surface area contributed by atoms with E-state index in [0.29, 0.717) is 6.42 Å². The molecule has 74 valence electrons. The number of halogens is 2. The van der Waals surface area contributed by atoms with E-state index in [1.807, 2.05) is 0 Å². The molecule has 4 radical (unpaired) electrons. The Kier molecular flexibility index (Phi) is 71.7. The van der Waals surface area contributed by atoms with Gasteiger partial charge in [-0.25, -0.2) is 0 Å². The Balaban J connectivity index is -0.0000000221. The van der Waals surface area contributed by atoms with Gasteiger partial charge in [-0.1, -0.05) is 33.6 Å². The average Bonchev–Trinajstić information content (AvgIpc) is 1.89. The first-order valence-electron chi connectivity index (χ1n) is 3.45. The SMILES string of the molecule is [CH2]CC(C)O.[CH2]CCC.[Cl-].[Cl-].[Sn+2]. The predicted molar refractivity (Wildman–Crippen MR) is 47.7 cm³/mol. The van der Waals surface area contributed by atoms with Gasteiger partial charge in [-0.3, -0.25) is 0 Å². The Morgan fingerprint density at radius 3 is 1.42 bits per heavy atom. The van der Waals surface area contributed by atoms with Crippen LogP contribution in [0.3, 0.4) is 0 Å². The van der Waals surface area contributed by atoms with Crippen LogP contribution in [0.15, 0.2) is 0 Å². The first kappa shape index (κ1) is 29.2. The summed E-state index contributed by atoms with van der Waals surface area (Å²) in [5, 5.41) is 8.30. The summed E-state index contributed by atoms with van der Waals surface area (Å²) in [6, 6.07) is 0. The fraction of sp³-hybridized carbons (Fsp3) is 0.750. The number of hydrogen-bond donors (Lipinski definition) is 1. The number of unbranched alkanes of at least 4 members (excludes halogenated alkanes) is 1. The Morgan fingerprint density at radius 1 is 1.25 bits per heavy atom. The molecular formula is C8H18Cl2OSn. The molecule has 0 bridgehead atoms. The van der Waals surface area contributed by atoms with Gasteiger partial charge in [-0.05, 0) is 13.3 Å². The average molecular weight is 320 g/mol. The second kappa shape index (κ2) is 29.5. The van der Waals surface area contributed by atoms with Gasteiger partial charge in [0, 0.05) is 0 Å². The van der Waals surface area contributed by atoms with E-state index in [4.69, 9.17) is 5.11 Å². The van der Waals surface area contributed by atoms with Crippen molar-refractivity contribution in [3.8, 4) is 0 Å². The minimum absolute atomic E-state index is 0. The molecule has 12 heavy (non-hydrogen) atoms. The maximum absolute atomic E-state index is 8.30. The van der Waals surface area contributed by atoms with Crippen LogP contribution in [0.5, 0.6) is 0 Å². The van der Waals surface area contributed by atoms with Gasteiger partial charge in [0.05, 0.1) is 6.10 Å². The standard InChI is InChI=1S/C4H9O.C4H9.2ClH.Sn/c1-3-4(2)5;1-3-4-2;;;/h4-5H,1,3H2,2H3;1,3-4H2,2H3;2*1H;/q;;;;+2/p-2. The van der Waals surface area contributed by atoms with E-state index in [2.05, 4.69) is 20.8 Å². The van der Waals surface area contributed by atoms with E-state index >= 15 is 0 Å². The van der Waals surface area contributed by atoms with Crippen LogP contribution in [0.25, 0.3) is 0 Å². The summed E-state index contributed by atoms with van der Waals surface area (Å²) >= 11 is 0. The molecule has 0 aromatic carbocycles. The van der Waals surface area contributed by atoms with Gasteiger partial charge < -0.3 is 29.9 Å². The van der Waals surface area contributed by atoms with E-state index < -0.39 is 0 Å². The third-order valence-electron chi connectivity index (χ3n) is 0.771. The van der Waals surface area contributed by atoms with Crippen molar-refractivity contribution in [2.45, 2.75) is 39.2 Å². The summed E-state index contributed by atoms with van der Waals surface area (Å²) < 4.78 is 0. The Bertz CT molecular complexity index is 44.0. The van der Waals surface area contributed by atoms with Gasteiger partial charge in [0.15, 0.2) is 0 Å². The zero-order valence-electron chi connectivity index (χ0n) is 7.82. The molecule has 1 unspecified atom stereocenters. The zero-order valence-corrected chi connectivity index (χ0v) is 12.2. The largest absolute Gasteiger partial charge is 2.00 e. The van der Waals surface area contributed by atoms with Gasteiger partial charge in [0.2, 0.25) is 0 Å². The molecule has 1 N–H and O–H groups in total. The molecule has 0 saturated heterocycles. The third-order valence-corrected chi connectivity index (χ3v) is 0.771. The molecule has 0 aromatic rings. The molecule has 0 aliphatic heterocycles. The number of hydrogen-bond acceptors (Lipinski definition) is 1. The molecular weight excluding hydrogens is 302 g/mol. The topological polar surface area (TPSA) is 20.2 Å². The maximum atomic E-state index is 8.30. The molecule has 0 aliphatic rings. The fourth-order valence-corrected chi connectivity index (χ4v) is 0. The second-order valence-electron chi connectivity index (χ2n) is 1.99. The monoisotopic (exact) mass is 320 g/mol. The van der Waals surface area contributed by atoms with E-state index in [0.717, 1.165) is 6.42 Å². The quantitative estimate of drug-likeness (QED) is 0.512. The van der Waals surface area contributed by atoms with Crippen LogP contribution in [-0.2, 0) is 0 Å². The van der Waals surface area contributed by atoms with Crippen molar-refractivity contribution in [2.24, 2.45) is 0 Å². The molecule has 0 heterocycles. The summed E-state index contributed by atoms with van der Waals surface area (Å²) in [5.41, 5.74) is 0.